The monoisotopic (exact) mass is 506 g/mol. The molecule has 5 nitrogen and oxygen atoms in total. The van der Waals surface area contributed by atoms with Gasteiger partial charge >= 0.3 is 0 Å². The van der Waals surface area contributed by atoms with E-state index >= 15 is 0 Å². The van der Waals surface area contributed by atoms with Crippen molar-refractivity contribution in [2.75, 3.05) is 13.4 Å². The number of hydrogen-bond acceptors (Lipinski definition) is 5. The molecule has 6 rings (SSSR count). The maximum absolute atomic E-state index is 5.88. The summed E-state index contributed by atoms with van der Waals surface area (Å²) >= 11 is 0. The fraction of sp³-hybridized carbons (Fsp3) is 0.303. The van der Waals surface area contributed by atoms with E-state index in [1.165, 1.54) is 33.4 Å². The van der Waals surface area contributed by atoms with Gasteiger partial charge in [-0.1, -0.05) is 61.9 Å². The summed E-state index contributed by atoms with van der Waals surface area (Å²) in [4.78, 5) is 7.36. The molecule has 0 amide bonds. The van der Waals surface area contributed by atoms with E-state index < -0.39 is 0 Å². The summed E-state index contributed by atoms with van der Waals surface area (Å²) in [6.45, 7) is 5.76. The van der Waals surface area contributed by atoms with Crippen LogP contribution in [0.5, 0.6) is 17.2 Å². The molecule has 5 heteroatoms. The van der Waals surface area contributed by atoms with E-state index in [-0.39, 0.29) is 6.79 Å². The molecule has 0 unspecified atom stereocenters. The zero-order valence-electron chi connectivity index (χ0n) is 22.0. The van der Waals surface area contributed by atoms with Crippen molar-refractivity contribution in [3.05, 3.63) is 107 Å². The third kappa shape index (κ3) is 5.39. The molecule has 38 heavy (non-hydrogen) atoms. The van der Waals surface area contributed by atoms with Gasteiger partial charge in [0.25, 0.3) is 0 Å². The molecule has 2 aliphatic heterocycles. The van der Waals surface area contributed by atoms with Crippen molar-refractivity contribution in [1.82, 2.24) is 9.88 Å². The number of aromatic nitrogens is 1. The molecule has 0 N–H and O–H groups in total. The number of pyridine rings is 1. The van der Waals surface area contributed by atoms with E-state index in [1.807, 2.05) is 12.3 Å². The van der Waals surface area contributed by atoms with Crippen LogP contribution < -0.4 is 14.2 Å². The minimum absolute atomic E-state index is 0.289. The normalized spacial score (nSPS) is 13.5. The van der Waals surface area contributed by atoms with E-state index in [0.29, 0.717) is 0 Å². The van der Waals surface area contributed by atoms with Crippen molar-refractivity contribution < 1.29 is 14.2 Å². The third-order valence-electron chi connectivity index (χ3n) is 7.38. The van der Waals surface area contributed by atoms with Crippen LogP contribution in [0.4, 0.5) is 0 Å². The lowest BCUT2D eigenvalue weighted by Crippen LogP contribution is -2.23. The molecule has 0 fully saturated rings. The molecule has 0 radical (unpaired) electrons. The van der Waals surface area contributed by atoms with Crippen molar-refractivity contribution >= 4 is 0 Å². The summed E-state index contributed by atoms with van der Waals surface area (Å²) in [5, 5.41) is 0. The zero-order chi connectivity index (χ0) is 25.7. The highest BCUT2D eigenvalue weighted by atomic mass is 16.7. The van der Waals surface area contributed by atoms with Crippen LogP contribution in [0.25, 0.3) is 11.3 Å². The van der Waals surface area contributed by atoms with Gasteiger partial charge in [-0.2, -0.15) is 0 Å². The van der Waals surface area contributed by atoms with Crippen molar-refractivity contribution in [3.63, 3.8) is 0 Å². The van der Waals surface area contributed by atoms with E-state index in [1.54, 1.807) is 0 Å². The Balaban J connectivity index is 1.33. The van der Waals surface area contributed by atoms with E-state index in [2.05, 4.69) is 78.6 Å². The Kier molecular flexibility index (Phi) is 7.27. The van der Waals surface area contributed by atoms with Crippen molar-refractivity contribution in [3.8, 4) is 28.5 Å². The first-order valence-corrected chi connectivity index (χ1v) is 13.6. The molecular weight excluding hydrogens is 472 g/mol. The van der Waals surface area contributed by atoms with Crippen LogP contribution in [0.15, 0.2) is 79.0 Å². The van der Waals surface area contributed by atoms with Gasteiger partial charge in [0, 0.05) is 37.8 Å². The van der Waals surface area contributed by atoms with Crippen LogP contribution in [-0.4, -0.2) is 23.3 Å². The molecule has 0 atom stereocenters. The van der Waals surface area contributed by atoms with E-state index in [0.717, 1.165) is 74.9 Å². The number of nitrogens with zero attached hydrogens (tertiary/aromatic N) is 2. The Labute approximate surface area is 225 Å². The van der Waals surface area contributed by atoms with Crippen molar-refractivity contribution in [1.29, 1.82) is 0 Å². The van der Waals surface area contributed by atoms with Gasteiger partial charge in [-0.05, 0) is 64.9 Å². The minimum Gasteiger partial charge on any atom is -0.493 e. The molecule has 0 saturated heterocycles. The first kappa shape index (κ1) is 24.5. The number of fused-ring (bicyclic) bond motifs is 2. The van der Waals surface area contributed by atoms with Gasteiger partial charge in [-0.25, -0.2) is 0 Å². The van der Waals surface area contributed by atoms with Gasteiger partial charge in [-0.3, -0.25) is 9.88 Å². The molecule has 194 valence electrons. The summed E-state index contributed by atoms with van der Waals surface area (Å²) in [6, 6.07) is 25.7. The lowest BCUT2D eigenvalue weighted by atomic mass is 9.96. The number of ether oxygens (including phenoxy) is 3. The number of rotatable bonds is 10. The summed E-state index contributed by atoms with van der Waals surface area (Å²) in [7, 11) is 0. The number of hydrogen-bond donors (Lipinski definition) is 0. The zero-order valence-corrected chi connectivity index (χ0v) is 22.0. The van der Waals surface area contributed by atoms with Crippen molar-refractivity contribution in [2.45, 2.75) is 52.2 Å². The minimum atomic E-state index is 0.289. The number of unbranched alkanes of at least 4 members (excludes halogenated alkanes) is 1. The molecule has 3 heterocycles. The van der Waals surface area contributed by atoms with Crippen molar-refractivity contribution in [2.24, 2.45) is 0 Å². The van der Waals surface area contributed by atoms with Crippen LogP contribution in [0.2, 0.25) is 0 Å². The second-order valence-corrected chi connectivity index (χ2v) is 10.1. The second kappa shape index (κ2) is 11.3. The Morgan fingerprint density at radius 1 is 0.789 bits per heavy atom. The van der Waals surface area contributed by atoms with Gasteiger partial charge in [0.05, 0.1) is 12.3 Å². The van der Waals surface area contributed by atoms with Crippen LogP contribution in [0.1, 0.15) is 47.6 Å². The topological polar surface area (TPSA) is 43.8 Å². The molecule has 0 bridgehead atoms. The first-order chi connectivity index (χ1) is 18.8. The molecule has 4 aromatic rings. The highest BCUT2D eigenvalue weighted by Gasteiger charge is 2.19. The molecule has 0 saturated carbocycles. The largest absolute Gasteiger partial charge is 0.493 e. The fourth-order valence-corrected chi connectivity index (χ4v) is 5.43. The van der Waals surface area contributed by atoms with Gasteiger partial charge in [0.15, 0.2) is 11.5 Å². The standard InChI is InChI=1S/C33H34N2O3/c1-2-3-9-29-28(14-16-34-33(29)27-7-5-4-6-8-27)22-35(20-24-10-12-26-15-17-36-31(26)18-24)21-25-11-13-30-32(19-25)38-23-37-30/h4-8,10-14,16,18-19H,2-3,9,15,17,20-23H2,1H3. The van der Waals surface area contributed by atoms with Crippen LogP contribution in [0.3, 0.4) is 0 Å². The van der Waals surface area contributed by atoms with E-state index in [9.17, 15) is 0 Å². The number of benzene rings is 3. The lowest BCUT2D eigenvalue weighted by Gasteiger charge is -2.25. The van der Waals surface area contributed by atoms with E-state index in [4.69, 9.17) is 19.2 Å². The SMILES string of the molecule is CCCCc1c(CN(Cc2ccc3c(c2)OCC3)Cc2ccc3c(c2)OCO3)ccnc1-c1ccccc1. The average Bonchev–Trinajstić information content (AvgIpc) is 3.61. The molecule has 0 aliphatic carbocycles. The quantitative estimate of drug-likeness (QED) is 0.233. The highest BCUT2D eigenvalue weighted by Crippen LogP contribution is 2.34. The Hall–Kier alpha value is -3.83. The highest BCUT2D eigenvalue weighted by molar-refractivity contribution is 5.64. The molecule has 0 spiro atoms. The van der Waals surface area contributed by atoms with Gasteiger partial charge in [0.1, 0.15) is 5.75 Å². The maximum atomic E-state index is 5.88. The van der Waals surface area contributed by atoms with Crippen LogP contribution in [-0.2, 0) is 32.5 Å². The molecule has 2 aliphatic rings. The molecule has 1 aromatic heterocycles. The summed E-state index contributed by atoms with van der Waals surface area (Å²) in [5.74, 6) is 2.68. The average molecular weight is 507 g/mol. The smallest absolute Gasteiger partial charge is 0.231 e. The summed E-state index contributed by atoms with van der Waals surface area (Å²) in [5.41, 5.74) is 8.75. The Morgan fingerprint density at radius 2 is 1.58 bits per heavy atom. The maximum Gasteiger partial charge on any atom is 0.231 e. The Morgan fingerprint density at radius 3 is 2.42 bits per heavy atom. The fourth-order valence-electron chi connectivity index (χ4n) is 5.43. The third-order valence-corrected chi connectivity index (χ3v) is 7.38. The Bertz CT molecular complexity index is 1340. The van der Waals surface area contributed by atoms with Gasteiger partial charge in [-0.15, -0.1) is 0 Å². The van der Waals surface area contributed by atoms with Crippen LogP contribution >= 0.6 is 0 Å². The van der Waals surface area contributed by atoms with Gasteiger partial charge in [0.2, 0.25) is 6.79 Å². The predicted octanol–water partition coefficient (Wildman–Crippen LogP) is 6.96. The lowest BCUT2D eigenvalue weighted by molar-refractivity contribution is 0.174. The second-order valence-electron chi connectivity index (χ2n) is 10.1. The summed E-state index contributed by atoms with van der Waals surface area (Å²) < 4.78 is 17.1. The molecular formula is C33H34N2O3. The van der Waals surface area contributed by atoms with Crippen LogP contribution in [0, 0.1) is 0 Å². The predicted molar refractivity (Wildman–Crippen MR) is 149 cm³/mol. The molecule has 3 aromatic carbocycles. The summed E-state index contributed by atoms with van der Waals surface area (Å²) in [6.07, 6.45) is 6.28. The van der Waals surface area contributed by atoms with Gasteiger partial charge < -0.3 is 14.2 Å². The first-order valence-electron chi connectivity index (χ1n) is 13.6.